The summed E-state index contributed by atoms with van der Waals surface area (Å²) in [6, 6.07) is 0.816. The molecule has 3 rings (SSSR count). The molecule has 118 valence electrons. The van der Waals surface area contributed by atoms with Crippen LogP contribution in [-0.2, 0) is 4.79 Å². The van der Waals surface area contributed by atoms with Crippen molar-refractivity contribution in [3.05, 3.63) is 0 Å². The van der Waals surface area contributed by atoms with E-state index in [1.807, 2.05) is 0 Å². The zero-order chi connectivity index (χ0) is 14.8. The molecular formula is C15H25N3O3. The minimum atomic E-state index is -0.785. The minimum Gasteiger partial charge on any atom is -0.481 e. The fraction of sp³-hybridized carbons (Fsp3) is 0.867. The van der Waals surface area contributed by atoms with Gasteiger partial charge in [-0.05, 0) is 45.1 Å². The van der Waals surface area contributed by atoms with Gasteiger partial charge in [0.05, 0.1) is 5.92 Å². The number of carboxylic acid groups (broad SMARTS) is 1. The van der Waals surface area contributed by atoms with Crippen LogP contribution in [0.25, 0.3) is 0 Å². The van der Waals surface area contributed by atoms with Crippen molar-refractivity contribution in [1.29, 1.82) is 0 Å². The number of hydrogen-bond acceptors (Lipinski definition) is 3. The lowest BCUT2D eigenvalue weighted by Crippen LogP contribution is -2.53. The molecule has 6 nitrogen and oxygen atoms in total. The second-order valence-electron chi connectivity index (χ2n) is 6.63. The van der Waals surface area contributed by atoms with E-state index in [0.29, 0.717) is 25.6 Å². The van der Waals surface area contributed by atoms with Crippen LogP contribution in [0.3, 0.4) is 0 Å². The number of urea groups is 1. The highest BCUT2D eigenvalue weighted by molar-refractivity contribution is 5.76. The van der Waals surface area contributed by atoms with Gasteiger partial charge in [0.1, 0.15) is 0 Å². The number of rotatable bonds is 2. The van der Waals surface area contributed by atoms with Gasteiger partial charge >= 0.3 is 12.0 Å². The number of carbonyl (C=O) groups is 2. The van der Waals surface area contributed by atoms with Crippen LogP contribution in [0.5, 0.6) is 0 Å². The second kappa shape index (κ2) is 6.22. The Bertz CT molecular complexity index is 415. The molecule has 0 aromatic heterocycles. The third-order valence-electron chi connectivity index (χ3n) is 5.21. The normalized spacial score (nSPS) is 33.5. The largest absolute Gasteiger partial charge is 0.481 e. The molecule has 0 spiro atoms. The molecule has 3 atom stereocenters. The molecule has 3 fully saturated rings. The van der Waals surface area contributed by atoms with Crippen molar-refractivity contribution >= 4 is 12.0 Å². The number of carboxylic acids is 1. The number of likely N-dealkylation sites (tertiary alicyclic amines) is 1. The van der Waals surface area contributed by atoms with Crippen molar-refractivity contribution < 1.29 is 14.7 Å². The first kappa shape index (κ1) is 14.6. The Labute approximate surface area is 125 Å². The molecule has 0 saturated carbocycles. The van der Waals surface area contributed by atoms with Crippen LogP contribution in [0.1, 0.15) is 38.5 Å². The lowest BCUT2D eigenvalue weighted by Gasteiger charge is -2.37. The Balaban J connectivity index is 1.50. The van der Waals surface area contributed by atoms with Gasteiger partial charge in [-0.15, -0.1) is 0 Å². The van der Waals surface area contributed by atoms with Crippen LogP contribution in [0.2, 0.25) is 0 Å². The summed E-state index contributed by atoms with van der Waals surface area (Å²) in [7, 11) is 0. The van der Waals surface area contributed by atoms with E-state index < -0.39 is 11.9 Å². The summed E-state index contributed by atoms with van der Waals surface area (Å²) in [5.41, 5.74) is 0. The highest BCUT2D eigenvalue weighted by Gasteiger charge is 2.34. The van der Waals surface area contributed by atoms with Crippen LogP contribution in [0, 0.1) is 5.92 Å². The summed E-state index contributed by atoms with van der Waals surface area (Å²) in [6.07, 6.45) is 6.04. The number of fused-ring (bicyclic) bond motifs is 1. The SMILES string of the molecule is O=C(O)[C@@H]1CCCN(C(=O)NC2CCN3CCCC3C2)C1. The van der Waals surface area contributed by atoms with Crippen molar-refractivity contribution in [3.8, 4) is 0 Å². The Morgan fingerprint density at radius 2 is 1.86 bits per heavy atom. The maximum absolute atomic E-state index is 12.3. The Kier molecular flexibility index (Phi) is 4.33. The molecule has 0 radical (unpaired) electrons. The second-order valence-corrected chi connectivity index (χ2v) is 6.63. The summed E-state index contributed by atoms with van der Waals surface area (Å²) < 4.78 is 0. The monoisotopic (exact) mass is 295 g/mol. The van der Waals surface area contributed by atoms with Crippen molar-refractivity contribution in [1.82, 2.24) is 15.1 Å². The van der Waals surface area contributed by atoms with E-state index in [-0.39, 0.29) is 12.1 Å². The Hall–Kier alpha value is -1.30. The topological polar surface area (TPSA) is 72.9 Å². The number of nitrogens with zero attached hydrogens (tertiary/aromatic N) is 2. The van der Waals surface area contributed by atoms with E-state index in [1.54, 1.807) is 4.90 Å². The molecule has 0 aliphatic carbocycles. The Morgan fingerprint density at radius 1 is 1.05 bits per heavy atom. The van der Waals surface area contributed by atoms with Gasteiger partial charge < -0.3 is 20.2 Å². The average molecular weight is 295 g/mol. The van der Waals surface area contributed by atoms with Crippen molar-refractivity contribution in [2.24, 2.45) is 5.92 Å². The van der Waals surface area contributed by atoms with Gasteiger partial charge in [-0.3, -0.25) is 4.79 Å². The summed E-state index contributed by atoms with van der Waals surface area (Å²) in [6.45, 7) is 3.31. The molecule has 0 aromatic rings. The fourth-order valence-corrected chi connectivity index (χ4v) is 3.98. The van der Waals surface area contributed by atoms with Gasteiger partial charge in [-0.25, -0.2) is 4.79 Å². The van der Waals surface area contributed by atoms with E-state index in [2.05, 4.69) is 10.2 Å². The van der Waals surface area contributed by atoms with E-state index >= 15 is 0 Å². The predicted octanol–water partition coefficient (Wildman–Crippen LogP) is 1.12. The molecule has 0 bridgehead atoms. The quantitative estimate of drug-likeness (QED) is 0.801. The van der Waals surface area contributed by atoms with Gasteiger partial charge in [0.2, 0.25) is 0 Å². The third-order valence-corrected chi connectivity index (χ3v) is 5.21. The lowest BCUT2D eigenvalue weighted by atomic mass is 9.97. The zero-order valence-corrected chi connectivity index (χ0v) is 12.5. The number of hydrogen-bond donors (Lipinski definition) is 2. The van der Waals surface area contributed by atoms with Gasteiger partial charge in [0.15, 0.2) is 0 Å². The smallest absolute Gasteiger partial charge is 0.317 e. The van der Waals surface area contributed by atoms with Gasteiger partial charge in [-0.1, -0.05) is 0 Å². The van der Waals surface area contributed by atoms with Crippen LogP contribution in [0.4, 0.5) is 4.79 Å². The molecule has 21 heavy (non-hydrogen) atoms. The summed E-state index contributed by atoms with van der Waals surface area (Å²) in [5.74, 6) is -1.19. The maximum atomic E-state index is 12.3. The molecule has 0 aromatic carbocycles. The molecule has 3 aliphatic rings. The van der Waals surface area contributed by atoms with Crippen molar-refractivity contribution in [3.63, 3.8) is 0 Å². The zero-order valence-electron chi connectivity index (χ0n) is 12.5. The van der Waals surface area contributed by atoms with Crippen LogP contribution < -0.4 is 5.32 Å². The molecule has 2 amide bonds. The third kappa shape index (κ3) is 3.31. The minimum absolute atomic E-state index is 0.0719. The molecule has 2 N–H and O–H groups in total. The first-order chi connectivity index (χ1) is 10.1. The number of aliphatic carboxylic acids is 1. The number of carbonyl (C=O) groups excluding carboxylic acids is 1. The number of amides is 2. The highest BCUT2D eigenvalue weighted by atomic mass is 16.4. The van der Waals surface area contributed by atoms with Gasteiger partial charge in [-0.2, -0.15) is 0 Å². The van der Waals surface area contributed by atoms with Gasteiger partial charge in [0.25, 0.3) is 0 Å². The first-order valence-electron chi connectivity index (χ1n) is 8.16. The molecule has 2 unspecified atom stereocenters. The predicted molar refractivity (Wildman–Crippen MR) is 78.1 cm³/mol. The van der Waals surface area contributed by atoms with Gasteiger partial charge in [0, 0.05) is 31.7 Å². The van der Waals surface area contributed by atoms with E-state index in [4.69, 9.17) is 5.11 Å². The fourth-order valence-electron chi connectivity index (χ4n) is 3.98. The number of piperidine rings is 2. The van der Waals surface area contributed by atoms with E-state index in [9.17, 15) is 9.59 Å². The molecule has 6 heteroatoms. The van der Waals surface area contributed by atoms with Crippen molar-refractivity contribution in [2.45, 2.75) is 50.6 Å². The molecule has 3 heterocycles. The molecule has 3 saturated heterocycles. The van der Waals surface area contributed by atoms with Crippen LogP contribution in [0.15, 0.2) is 0 Å². The van der Waals surface area contributed by atoms with Crippen LogP contribution in [-0.4, -0.2) is 65.2 Å². The van der Waals surface area contributed by atoms with E-state index in [1.165, 1.54) is 19.4 Å². The summed E-state index contributed by atoms with van der Waals surface area (Å²) in [4.78, 5) is 27.6. The lowest BCUT2D eigenvalue weighted by molar-refractivity contribution is -0.143. The standard InChI is InChI=1S/C15H25N3O3/c19-14(20)11-3-1-7-18(10-11)15(21)16-12-5-8-17-6-2-4-13(17)9-12/h11-13H,1-10H2,(H,16,21)(H,19,20)/t11-,12?,13?/m1/s1. The van der Waals surface area contributed by atoms with Crippen LogP contribution >= 0.6 is 0 Å². The molecular weight excluding hydrogens is 270 g/mol. The highest BCUT2D eigenvalue weighted by Crippen LogP contribution is 2.27. The number of nitrogens with one attached hydrogen (secondary N) is 1. The maximum Gasteiger partial charge on any atom is 0.317 e. The average Bonchev–Trinajstić information content (AvgIpc) is 2.95. The van der Waals surface area contributed by atoms with Crippen molar-refractivity contribution in [2.75, 3.05) is 26.2 Å². The Morgan fingerprint density at radius 3 is 2.67 bits per heavy atom. The summed E-state index contributed by atoms with van der Waals surface area (Å²) >= 11 is 0. The molecule has 3 aliphatic heterocycles. The first-order valence-corrected chi connectivity index (χ1v) is 8.16. The van der Waals surface area contributed by atoms with E-state index in [0.717, 1.165) is 25.8 Å². The summed E-state index contributed by atoms with van der Waals surface area (Å²) in [5, 5.41) is 12.2.